The number of rotatable bonds is 10. The topological polar surface area (TPSA) is 169 Å². The fourth-order valence-corrected chi connectivity index (χ4v) is 2.72. The van der Waals surface area contributed by atoms with Crippen LogP contribution in [0.2, 0.25) is 0 Å². The molecule has 20 heavy (non-hydrogen) atoms. The first-order valence-electron chi connectivity index (χ1n) is 4.99. The molecule has 0 spiro atoms. The van der Waals surface area contributed by atoms with E-state index in [0.29, 0.717) is 0 Å². The fraction of sp³-hybridized carbons (Fsp3) is 1.00. The Hall–Kier alpha value is 0.370. The van der Waals surface area contributed by atoms with Crippen molar-refractivity contribution in [3.8, 4) is 0 Å². The average Bonchev–Trinajstić information content (AvgIpc) is 2.41. The molecule has 0 aliphatic rings. The lowest BCUT2D eigenvalue weighted by molar-refractivity contribution is 0.103. The minimum atomic E-state index is -4.29. The lowest BCUT2D eigenvalue weighted by atomic mass is 10.8. The maximum atomic E-state index is 11.2. The highest BCUT2D eigenvalue weighted by molar-refractivity contribution is 7.53. The summed E-state index contributed by atoms with van der Waals surface area (Å²) in [5, 5.41) is 18.4. The van der Waals surface area contributed by atoms with Gasteiger partial charge in [-0.2, -0.15) is 0 Å². The number of aliphatic hydroxyl groups excluding tert-OH is 2. The molecule has 0 amide bonds. The molecule has 122 valence electrons. The van der Waals surface area contributed by atoms with E-state index in [1.807, 2.05) is 0 Å². The zero-order valence-corrected chi connectivity index (χ0v) is 13.4. The van der Waals surface area contributed by atoms with Gasteiger partial charge in [-0.25, -0.2) is 0 Å². The molecule has 0 aliphatic carbocycles. The maximum Gasteiger partial charge on any atom is 0.358 e. The second-order valence-electron chi connectivity index (χ2n) is 3.33. The molecule has 0 heterocycles. The third kappa shape index (κ3) is 6.89. The van der Waals surface area contributed by atoms with E-state index in [0.717, 1.165) is 14.2 Å². The van der Waals surface area contributed by atoms with Crippen molar-refractivity contribution < 1.29 is 51.8 Å². The maximum absolute atomic E-state index is 11.2. The molecule has 0 aliphatic heterocycles. The fourth-order valence-electron chi connectivity index (χ4n) is 0.759. The molecule has 4 N–H and O–H groups in total. The summed E-state index contributed by atoms with van der Waals surface area (Å²) >= 11 is 0. The Morgan fingerprint density at radius 3 is 1.50 bits per heavy atom. The molecular weight excluding hydrogens is 341 g/mol. The van der Waals surface area contributed by atoms with Crippen LogP contribution >= 0.6 is 23.4 Å². The van der Waals surface area contributed by atoms with Gasteiger partial charge in [0.1, 0.15) is 0 Å². The molecule has 11 nitrogen and oxygen atoms in total. The van der Waals surface area contributed by atoms with E-state index >= 15 is 0 Å². The van der Waals surface area contributed by atoms with Gasteiger partial charge in [0.05, 0.1) is 13.2 Å². The Morgan fingerprint density at radius 2 is 1.25 bits per heavy atom. The van der Waals surface area contributed by atoms with Gasteiger partial charge in [-0.1, -0.05) is 0 Å². The summed E-state index contributed by atoms with van der Waals surface area (Å²) in [7, 11) is -10.1. The Balaban J connectivity index is 4.15. The van der Waals surface area contributed by atoms with Gasteiger partial charge in [0.15, 0.2) is 11.7 Å². The number of aliphatic hydroxyl groups is 2. The molecule has 0 fully saturated rings. The minimum Gasteiger partial charge on any atom is -0.378 e. The average molecular weight is 358 g/mol. The van der Waals surface area contributed by atoms with Gasteiger partial charge in [-0.05, 0) is 0 Å². The van der Waals surface area contributed by atoms with Crippen molar-refractivity contribution in [1.29, 1.82) is 0 Å². The summed E-state index contributed by atoms with van der Waals surface area (Å²) in [6.45, 7) is -1.65. The van der Waals surface area contributed by atoms with Crippen LogP contribution in [-0.4, -0.2) is 59.1 Å². The van der Waals surface area contributed by atoms with Gasteiger partial charge < -0.3 is 38.1 Å². The van der Waals surface area contributed by atoms with Crippen molar-refractivity contribution in [1.82, 2.24) is 0 Å². The molecule has 0 rings (SSSR count). The van der Waals surface area contributed by atoms with Crippen LogP contribution in [0.4, 0.5) is 0 Å². The van der Waals surface area contributed by atoms with E-state index in [-0.39, 0.29) is 0 Å². The van der Waals surface area contributed by atoms with E-state index in [1.165, 1.54) is 0 Å². The standard InChI is InChI=1S/C6H17O11P3/c1-14-19(10,11)5(7)3-16-18(9)17-4-6(8)20(12,13)15-2/h5-8,18H,3-4H2,1-2H3,(H,10,11)(H,12,13). The zero-order chi connectivity index (χ0) is 16.0. The second-order valence-corrected chi connectivity index (χ2v) is 8.58. The second kappa shape index (κ2) is 8.73. The van der Waals surface area contributed by atoms with Crippen LogP contribution in [0.3, 0.4) is 0 Å². The first-order chi connectivity index (χ1) is 9.06. The summed E-state index contributed by atoms with van der Waals surface area (Å²) in [5.41, 5.74) is 0. The molecule has 4 unspecified atom stereocenters. The summed E-state index contributed by atoms with van der Waals surface area (Å²) in [6.07, 6.45) is 0. The molecule has 14 heteroatoms. The third-order valence-corrected chi connectivity index (χ3v) is 5.63. The Labute approximate surface area is 115 Å². The summed E-state index contributed by atoms with van der Waals surface area (Å²) in [6, 6.07) is 0. The number of hydrogen-bond acceptors (Lipinski definition) is 9. The van der Waals surface area contributed by atoms with Crippen LogP contribution in [0.1, 0.15) is 0 Å². The molecule has 0 aromatic rings. The molecule has 0 aromatic heterocycles. The minimum absolute atomic E-state index is 0.823. The monoisotopic (exact) mass is 358 g/mol. The van der Waals surface area contributed by atoms with Crippen molar-refractivity contribution >= 4 is 23.4 Å². The van der Waals surface area contributed by atoms with Crippen LogP contribution < -0.4 is 0 Å². The van der Waals surface area contributed by atoms with Crippen LogP contribution in [0, 0.1) is 0 Å². The van der Waals surface area contributed by atoms with E-state index < -0.39 is 48.4 Å². The summed E-state index contributed by atoms with van der Waals surface area (Å²) in [5.74, 6) is -3.87. The predicted molar refractivity (Wildman–Crippen MR) is 66.6 cm³/mol. The lowest BCUT2D eigenvalue weighted by Crippen LogP contribution is -2.16. The van der Waals surface area contributed by atoms with Crippen molar-refractivity contribution in [3.63, 3.8) is 0 Å². The van der Waals surface area contributed by atoms with Gasteiger partial charge in [0, 0.05) is 14.2 Å². The lowest BCUT2D eigenvalue weighted by Gasteiger charge is -2.17. The van der Waals surface area contributed by atoms with E-state index in [1.54, 1.807) is 0 Å². The normalized spacial score (nSPS) is 22.5. The highest BCUT2D eigenvalue weighted by Gasteiger charge is 2.32. The first kappa shape index (κ1) is 20.4. The Kier molecular flexibility index (Phi) is 8.89. The van der Waals surface area contributed by atoms with E-state index in [4.69, 9.17) is 9.79 Å². The van der Waals surface area contributed by atoms with Crippen LogP contribution in [-0.2, 0) is 31.8 Å². The van der Waals surface area contributed by atoms with Gasteiger partial charge in [0.25, 0.3) is 0 Å². The predicted octanol–water partition coefficient (Wildman–Crippen LogP) is -0.290. The quantitative estimate of drug-likeness (QED) is 0.378. The zero-order valence-electron chi connectivity index (χ0n) is 10.6. The Morgan fingerprint density at radius 1 is 0.950 bits per heavy atom. The molecule has 0 aromatic carbocycles. The summed E-state index contributed by atoms with van der Waals surface area (Å²) in [4.78, 5) is 18.0. The van der Waals surface area contributed by atoms with Crippen LogP contribution in [0.5, 0.6) is 0 Å². The van der Waals surface area contributed by atoms with Gasteiger partial charge in [-0.15, -0.1) is 0 Å². The molecular formula is C6H17O11P3. The molecule has 0 saturated carbocycles. The van der Waals surface area contributed by atoms with Crippen molar-refractivity contribution in [2.45, 2.75) is 11.7 Å². The van der Waals surface area contributed by atoms with E-state index in [2.05, 4.69) is 18.1 Å². The van der Waals surface area contributed by atoms with Crippen molar-refractivity contribution in [2.75, 3.05) is 27.4 Å². The van der Waals surface area contributed by atoms with Crippen LogP contribution in [0.25, 0.3) is 0 Å². The SMILES string of the molecule is COP(=O)(O)C(O)CO[PH](=O)OCC(O)P(=O)(O)OC. The highest BCUT2D eigenvalue weighted by Crippen LogP contribution is 2.47. The van der Waals surface area contributed by atoms with Crippen molar-refractivity contribution in [2.24, 2.45) is 0 Å². The van der Waals surface area contributed by atoms with Gasteiger partial charge >= 0.3 is 23.4 Å². The third-order valence-electron chi connectivity index (χ3n) is 1.98. The van der Waals surface area contributed by atoms with Gasteiger partial charge in [0.2, 0.25) is 0 Å². The highest BCUT2D eigenvalue weighted by atomic mass is 31.2. The molecule has 4 atom stereocenters. The van der Waals surface area contributed by atoms with Gasteiger partial charge in [-0.3, -0.25) is 13.7 Å². The molecule has 0 radical (unpaired) electrons. The Bertz CT molecular complexity index is 375. The van der Waals surface area contributed by atoms with Crippen molar-refractivity contribution in [3.05, 3.63) is 0 Å². The molecule has 0 bridgehead atoms. The number of hydrogen-bond donors (Lipinski definition) is 4. The molecule has 0 saturated heterocycles. The largest absolute Gasteiger partial charge is 0.378 e. The smallest absolute Gasteiger partial charge is 0.358 e. The van der Waals surface area contributed by atoms with E-state index in [9.17, 15) is 23.9 Å². The van der Waals surface area contributed by atoms with Crippen LogP contribution in [0.15, 0.2) is 0 Å². The summed E-state index contributed by atoms with van der Waals surface area (Å²) < 4.78 is 50.4. The first-order valence-corrected chi connectivity index (χ1v) is 9.50.